The van der Waals surface area contributed by atoms with Crippen LogP contribution in [0.3, 0.4) is 0 Å². The Balaban J connectivity index is 2.22. The van der Waals surface area contributed by atoms with E-state index in [1.807, 2.05) is 0 Å². The molecule has 1 aliphatic heterocycles. The number of hydrogen-bond acceptors (Lipinski definition) is 3. The van der Waals surface area contributed by atoms with E-state index in [1.54, 1.807) is 0 Å². The first kappa shape index (κ1) is 12.7. The van der Waals surface area contributed by atoms with Gasteiger partial charge >= 0.3 is 6.18 Å². The predicted molar refractivity (Wildman–Crippen MR) is 63.6 cm³/mol. The van der Waals surface area contributed by atoms with Crippen molar-refractivity contribution >= 4 is 28.9 Å². The molecule has 0 spiro atoms. The van der Waals surface area contributed by atoms with E-state index in [9.17, 15) is 18.0 Å². The molecule has 0 aromatic heterocycles. The molecule has 0 aliphatic carbocycles. The van der Waals surface area contributed by atoms with Gasteiger partial charge in [-0.2, -0.15) is 18.2 Å². The number of amides is 1. The summed E-state index contributed by atoms with van der Waals surface area (Å²) in [6, 6.07) is 4.50. The summed E-state index contributed by atoms with van der Waals surface area (Å²) in [7, 11) is 0. The number of halogens is 3. The lowest BCUT2D eigenvalue weighted by atomic mass is 10.1. The lowest BCUT2D eigenvalue weighted by molar-refractivity contribution is -0.137. The van der Waals surface area contributed by atoms with E-state index in [0.29, 0.717) is 10.5 Å². The first-order valence-electron chi connectivity index (χ1n) is 4.81. The highest BCUT2D eigenvalue weighted by molar-refractivity contribution is 8.18. The molecular weight excluding hydrogens is 265 g/mol. The summed E-state index contributed by atoms with van der Waals surface area (Å²) in [5, 5.41) is 0.137. The predicted octanol–water partition coefficient (Wildman–Crippen LogP) is 2.63. The molecule has 0 saturated carbocycles. The van der Waals surface area contributed by atoms with Crippen LogP contribution in [-0.4, -0.2) is 11.1 Å². The van der Waals surface area contributed by atoms with Crippen molar-refractivity contribution in [1.82, 2.24) is 0 Å². The number of hydrogen-bond donors (Lipinski definition) is 1. The van der Waals surface area contributed by atoms with Crippen molar-refractivity contribution in [2.75, 3.05) is 0 Å². The van der Waals surface area contributed by atoms with E-state index in [0.717, 1.165) is 23.9 Å². The number of thioether (sulfide) groups is 1. The Hall–Kier alpha value is -1.76. The fourth-order valence-electron chi connectivity index (χ4n) is 1.35. The Bertz CT molecular complexity index is 546. The zero-order valence-electron chi connectivity index (χ0n) is 8.86. The average Bonchev–Trinajstić information content (AvgIpc) is 2.57. The maximum absolute atomic E-state index is 12.3. The van der Waals surface area contributed by atoms with Crippen LogP contribution in [0.1, 0.15) is 11.1 Å². The number of aliphatic imine (C=N–C) groups is 1. The fourth-order valence-corrected chi connectivity index (χ4v) is 2.03. The van der Waals surface area contributed by atoms with Crippen LogP contribution >= 0.6 is 11.8 Å². The topological polar surface area (TPSA) is 55.4 Å². The van der Waals surface area contributed by atoms with Crippen LogP contribution in [0.2, 0.25) is 0 Å². The van der Waals surface area contributed by atoms with E-state index in [4.69, 9.17) is 5.73 Å². The van der Waals surface area contributed by atoms with Gasteiger partial charge in [0.25, 0.3) is 5.91 Å². The minimum Gasteiger partial charge on any atom is -0.378 e. The van der Waals surface area contributed by atoms with Gasteiger partial charge in [-0.25, -0.2) is 0 Å². The van der Waals surface area contributed by atoms with Crippen molar-refractivity contribution < 1.29 is 18.0 Å². The first-order valence-corrected chi connectivity index (χ1v) is 5.63. The van der Waals surface area contributed by atoms with Gasteiger partial charge in [0.1, 0.15) is 0 Å². The van der Waals surface area contributed by atoms with Gasteiger partial charge in [-0.1, -0.05) is 12.1 Å². The van der Waals surface area contributed by atoms with Gasteiger partial charge in [0, 0.05) is 0 Å². The van der Waals surface area contributed by atoms with Gasteiger partial charge in [0.2, 0.25) is 0 Å². The van der Waals surface area contributed by atoms with Crippen LogP contribution in [0.15, 0.2) is 34.2 Å². The molecule has 0 unspecified atom stereocenters. The summed E-state index contributed by atoms with van der Waals surface area (Å²) in [4.78, 5) is 15.1. The van der Waals surface area contributed by atoms with E-state index in [1.165, 1.54) is 18.2 Å². The first-order chi connectivity index (χ1) is 8.36. The van der Waals surface area contributed by atoms with Crippen molar-refractivity contribution in [2.24, 2.45) is 10.7 Å². The molecule has 0 bridgehead atoms. The summed E-state index contributed by atoms with van der Waals surface area (Å²) in [6.07, 6.45) is -2.91. The normalized spacial score (nSPS) is 18.3. The van der Waals surface area contributed by atoms with Crippen LogP contribution in [0.25, 0.3) is 6.08 Å². The van der Waals surface area contributed by atoms with Gasteiger partial charge in [0.05, 0.1) is 10.5 Å². The number of carbonyl (C=O) groups is 1. The molecule has 0 saturated heterocycles. The highest BCUT2D eigenvalue weighted by atomic mass is 32.2. The number of carbonyl (C=O) groups excluding carboxylic acids is 1. The molecule has 1 heterocycles. The fraction of sp³-hybridized carbons (Fsp3) is 0.0909. The molecule has 2 N–H and O–H groups in total. The van der Waals surface area contributed by atoms with Crippen LogP contribution in [0.5, 0.6) is 0 Å². The van der Waals surface area contributed by atoms with Gasteiger partial charge in [-0.05, 0) is 35.5 Å². The van der Waals surface area contributed by atoms with Crippen LogP contribution in [0, 0.1) is 0 Å². The summed E-state index contributed by atoms with van der Waals surface area (Å²) >= 11 is 0.995. The Labute approximate surface area is 105 Å². The molecule has 18 heavy (non-hydrogen) atoms. The third kappa shape index (κ3) is 2.73. The second-order valence-corrected chi connectivity index (χ2v) is 4.55. The molecule has 1 aromatic carbocycles. The lowest BCUT2D eigenvalue weighted by Crippen LogP contribution is -2.04. The maximum Gasteiger partial charge on any atom is 0.416 e. The molecule has 0 fully saturated rings. The largest absolute Gasteiger partial charge is 0.416 e. The third-order valence-corrected chi connectivity index (χ3v) is 2.99. The highest BCUT2D eigenvalue weighted by Gasteiger charge is 2.29. The minimum atomic E-state index is -4.36. The summed E-state index contributed by atoms with van der Waals surface area (Å²) in [6.45, 7) is 0. The monoisotopic (exact) mass is 272 g/mol. The Kier molecular flexibility index (Phi) is 3.16. The molecular formula is C11H7F3N2OS. The number of benzene rings is 1. The van der Waals surface area contributed by atoms with E-state index < -0.39 is 17.6 Å². The molecule has 1 amide bonds. The number of alkyl halides is 3. The molecule has 1 aliphatic rings. The zero-order valence-corrected chi connectivity index (χ0v) is 9.68. The zero-order chi connectivity index (χ0) is 13.3. The standard InChI is InChI=1S/C11H7F3N2OS/c12-11(13,14)7-3-1-6(2-4-7)5-8-9(17)16-10(15)18-8/h1-5H,(H2,15,16,17)/b8-5+. The van der Waals surface area contributed by atoms with Gasteiger partial charge in [-0.15, -0.1) is 0 Å². The number of nitrogens with zero attached hydrogens (tertiary/aromatic N) is 1. The molecule has 1 aromatic rings. The smallest absolute Gasteiger partial charge is 0.378 e. The van der Waals surface area contributed by atoms with Crippen molar-refractivity contribution in [1.29, 1.82) is 0 Å². The molecule has 0 atom stereocenters. The lowest BCUT2D eigenvalue weighted by Gasteiger charge is -2.06. The van der Waals surface area contributed by atoms with E-state index in [-0.39, 0.29) is 5.17 Å². The van der Waals surface area contributed by atoms with Gasteiger partial charge < -0.3 is 5.73 Å². The third-order valence-electron chi connectivity index (χ3n) is 2.17. The Morgan fingerprint density at radius 3 is 2.28 bits per heavy atom. The Morgan fingerprint density at radius 1 is 1.22 bits per heavy atom. The second-order valence-electron chi connectivity index (χ2n) is 3.49. The maximum atomic E-state index is 12.3. The summed E-state index contributed by atoms with van der Waals surface area (Å²) in [5.41, 5.74) is 5.11. The van der Waals surface area contributed by atoms with Crippen molar-refractivity contribution in [3.8, 4) is 0 Å². The van der Waals surface area contributed by atoms with E-state index in [2.05, 4.69) is 4.99 Å². The summed E-state index contributed by atoms with van der Waals surface area (Å²) in [5.74, 6) is -0.475. The molecule has 94 valence electrons. The molecule has 7 heteroatoms. The Morgan fingerprint density at radius 2 is 1.83 bits per heavy atom. The number of amidine groups is 1. The molecule has 0 radical (unpaired) electrons. The van der Waals surface area contributed by atoms with Gasteiger partial charge in [0.15, 0.2) is 5.17 Å². The number of nitrogens with two attached hydrogens (primary N) is 1. The molecule has 3 nitrogen and oxygen atoms in total. The quantitative estimate of drug-likeness (QED) is 0.799. The van der Waals surface area contributed by atoms with Crippen LogP contribution in [-0.2, 0) is 11.0 Å². The van der Waals surface area contributed by atoms with Crippen molar-refractivity contribution in [2.45, 2.75) is 6.18 Å². The highest BCUT2D eigenvalue weighted by Crippen LogP contribution is 2.30. The SMILES string of the molecule is NC1=NC(=O)/C(=C\c2ccc(C(F)(F)F)cc2)S1. The van der Waals surface area contributed by atoms with E-state index >= 15 is 0 Å². The second kappa shape index (κ2) is 4.49. The summed E-state index contributed by atoms with van der Waals surface area (Å²) < 4.78 is 37.0. The van der Waals surface area contributed by atoms with Crippen LogP contribution < -0.4 is 5.73 Å². The number of rotatable bonds is 1. The average molecular weight is 272 g/mol. The van der Waals surface area contributed by atoms with Crippen LogP contribution in [0.4, 0.5) is 13.2 Å². The molecule has 2 rings (SSSR count). The van der Waals surface area contributed by atoms with Gasteiger partial charge in [-0.3, -0.25) is 4.79 Å². The van der Waals surface area contributed by atoms with Crippen molar-refractivity contribution in [3.63, 3.8) is 0 Å². The minimum absolute atomic E-state index is 0.137. The van der Waals surface area contributed by atoms with Crippen molar-refractivity contribution in [3.05, 3.63) is 40.3 Å².